The quantitative estimate of drug-likeness (QED) is 0.549. The van der Waals surface area contributed by atoms with Gasteiger partial charge < -0.3 is 19.9 Å². The van der Waals surface area contributed by atoms with E-state index in [4.69, 9.17) is 4.74 Å². The van der Waals surface area contributed by atoms with Crippen LogP contribution in [0.3, 0.4) is 0 Å². The summed E-state index contributed by atoms with van der Waals surface area (Å²) in [5.74, 6) is -0.794. The molecule has 0 spiro atoms. The molecule has 3 heterocycles. The summed E-state index contributed by atoms with van der Waals surface area (Å²) in [5.41, 5.74) is -0.195. The van der Waals surface area contributed by atoms with Gasteiger partial charge in [-0.1, -0.05) is 0 Å². The van der Waals surface area contributed by atoms with Crippen LogP contribution in [0.25, 0.3) is 0 Å². The third-order valence-electron chi connectivity index (χ3n) is 6.14. The van der Waals surface area contributed by atoms with Crippen LogP contribution in [0.5, 0.6) is 0 Å². The van der Waals surface area contributed by atoms with Crippen molar-refractivity contribution in [3.63, 3.8) is 0 Å². The summed E-state index contributed by atoms with van der Waals surface area (Å²) in [6.45, 7) is 9.59. The van der Waals surface area contributed by atoms with E-state index in [0.29, 0.717) is 37.6 Å². The largest absolute Gasteiger partial charge is 0.450 e. The lowest BCUT2D eigenvalue weighted by Crippen LogP contribution is -2.52. The van der Waals surface area contributed by atoms with Crippen LogP contribution in [0, 0.1) is 13.8 Å². The van der Waals surface area contributed by atoms with Gasteiger partial charge in [0.2, 0.25) is 11.8 Å². The number of carbonyl (C=O) groups is 3. The first-order chi connectivity index (χ1) is 17.3. The van der Waals surface area contributed by atoms with Crippen molar-refractivity contribution in [3.8, 4) is 0 Å². The van der Waals surface area contributed by atoms with Crippen molar-refractivity contribution in [2.45, 2.75) is 52.9 Å². The first-order valence-electron chi connectivity index (χ1n) is 11.6. The normalized spacial score (nSPS) is 15.9. The molecule has 1 N–H and O–H groups in total. The summed E-state index contributed by atoms with van der Waals surface area (Å²) in [5, 5.41) is 10.6. The summed E-state index contributed by atoms with van der Waals surface area (Å²) in [4.78, 5) is 40.9. The molecule has 1 saturated heterocycles. The van der Waals surface area contributed by atoms with Gasteiger partial charge in [0.15, 0.2) is 5.69 Å². The number of alkyl halides is 3. The van der Waals surface area contributed by atoms with Crippen molar-refractivity contribution in [2.24, 2.45) is 0 Å². The zero-order valence-electron chi connectivity index (χ0n) is 21.1. The van der Waals surface area contributed by atoms with Crippen molar-refractivity contribution < 1.29 is 32.3 Å². The van der Waals surface area contributed by atoms with Gasteiger partial charge in [-0.2, -0.15) is 23.4 Å². The lowest BCUT2D eigenvalue weighted by molar-refractivity contribution is -0.142. The predicted octanol–water partition coefficient (Wildman–Crippen LogP) is 3.54. The van der Waals surface area contributed by atoms with Crippen LogP contribution in [0.2, 0.25) is 0 Å². The van der Waals surface area contributed by atoms with Gasteiger partial charge in [0.05, 0.1) is 28.2 Å². The van der Waals surface area contributed by atoms with E-state index in [9.17, 15) is 27.6 Å². The number of piperazine rings is 1. The second kappa shape index (κ2) is 11.1. The van der Waals surface area contributed by atoms with Crippen LogP contribution >= 0.6 is 15.9 Å². The molecule has 0 saturated carbocycles. The van der Waals surface area contributed by atoms with E-state index in [1.165, 1.54) is 24.7 Å². The number of aryl methyl sites for hydroxylation is 1. The highest BCUT2D eigenvalue weighted by Gasteiger charge is 2.39. The molecule has 0 aliphatic carbocycles. The number of halogens is 4. The number of hydrogen-bond donors (Lipinski definition) is 1. The van der Waals surface area contributed by atoms with E-state index >= 15 is 0 Å². The number of anilines is 1. The Morgan fingerprint density at radius 2 is 1.68 bits per heavy atom. The number of nitrogens with one attached hydrogen (secondary N) is 1. The smallest absolute Gasteiger partial charge is 0.436 e. The molecule has 2 unspecified atom stereocenters. The van der Waals surface area contributed by atoms with E-state index in [2.05, 4.69) is 31.4 Å². The Bertz CT molecular complexity index is 1170. The summed E-state index contributed by atoms with van der Waals surface area (Å²) in [6, 6.07) is -1.74. The van der Waals surface area contributed by atoms with Crippen molar-refractivity contribution in [1.82, 2.24) is 29.4 Å². The van der Waals surface area contributed by atoms with Gasteiger partial charge in [-0.15, -0.1) is 0 Å². The fourth-order valence-electron chi connectivity index (χ4n) is 3.91. The second-order valence-electron chi connectivity index (χ2n) is 8.65. The van der Waals surface area contributed by atoms with Crippen LogP contribution in [-0.4, -0.2) is 80.1 Å². The Balaban J connectivity index is 1.67. The predicted molar refractivity (Wildman–Crippen MR) is 130 cm³/mol. The minimum Gasteiger partial charge on any atom is -0.450 e. The number of aromatic nitrogens is 4. The zero-order valence-corrected chi connectivity index (χ0v) is 22.7. The Morgan fingerprint density at radius 1 is 1.08 bits per heavy atom. The van der Waals surface area contributed by atoms with E-state index in [1.807, 2.05) is 0 Å². The number of ether oxygens (including phenoxy) is 1. The number of amides is 3. The number of carbonyl (C=O) groups excluding carboxylic acids is 3. The molecule has 1 aliphatic rings. The van der Waals surface area contributed by atoms with Gasteiger partial charge in [-0.25, -0.2) is 4.79 Å². The van der Waals surface area contributed by atoms with Crippen molar-refractivity contribution in [3.05, 3.63) is 27.8 Å². The van der Waals surface area contributed by atoms with Gasteiger partial charge in [-0.3, -0.25) is 19.0 Å². The van der Waals surface area contributed by atoms with Gasteiger partial charge in [0.25, 0.3) is 0 Å². The fraction of sp³-hybridized carbons (Fsp3) is 0.591. The maximum Gasteiger partial charge on any atom is 0.436 e. The maximum atomic E-state index is 13.2. The van der Waals surface area contributed by atoms with Gasteiger partial charge >= 0.3 is 12.3 Å². The minimum atomic E-state index is -4.67. The average Bonchev–Trinajstić information content (AvgIpc) is 3.36. The summed E-state index contributed by atoms with van der Waals surface area (Å²) in [7, 11) is 0. The highest BCUT2D eigenvalue weighted by molar-refractivity contribution is 9.10. The molecule has 3 amide bonds. The first-order valence-corrected chi connectivity index (χ1v) is 12.4. The van der Waals surface area contributed by atoms with Crippen LogP contribution in [0.4, 0.5) is 23.7 Å². The van der Waals surface area contributed by atoms with Crippen molar-refractivity contribution in [1.29, 1.82) is 0 Å². The van der Waals surface area contributed by atoms with E-state index < -0.39 is 36.0 Å². The molecule has 204 valence electrons. The van der Waals surface area contributed by atoms with Crippen LogP contribution < -0.4 is 5.32 Å². The Morgan fingerprint density at radius 3 is 2.22 bits per heavy atom. The molecule has 0 bridgehead atoms. The molecule has 0 radical (unpaired) electrons. The van der Waals surface area contributed by atoms with E-state index in [0.717, 1.165) is 4.68 Å². The molecule has 11 nitrogen and oxygen atoms in total. The van der Waals surface area contributed by atoms with E-state index in [1.54, 1.807) is 30.6 Å². The standard InChI is InChI=1S/C22H29BrF3N7O4/c1-6-37-21(36)31-9-7-30(8-10-31)20(35)15(5)32-11-16(12(2)28-32)27-19(34)14(4)33-13(3)17(23)18(29-33)22(24,25)26/h11,14-15H,6-10H2,1-5H3,(H,27,34). The molecular weight excluding hydrogens is 563 g/mol. The average molecular weight is 592 g/mol. The van der Waals surface area contributed by atoms with Gasteiger partial charge in [0, 0.05) is 32.4 Å². The zero-order chi connectivity index (χ0) is 27.7. The molecule has 37 heavy (non-hydrogen) atoms. The summed E-state index contributed by atoms with van der Waals surface area (Å²) >= 11 is 2.91. The molecule has 2 aromatic heterocycles. The molecule has 2 aromatic rings. The highest BCUT2D eigenvalue weighted by atomic mass is 79.9. The third-order valence-corrected chi connectivity index (χ3v) is 7.09. The second-order valence-corrected chi connectivity index (χ2v) is 9.44. The molecular formula is C22H29BrF3N7O4. The number of hydrogen-bond acceptors (Lipinski definition) is 6. The van der Waals surface area contributed by atoms with Crippen LogP contribution in [0.15, 0.2) is 10.7 Å². The summed E-state index contributed by atoms with van der Waals surface area (Å²) < 4.78 is 46.8. The molecule has 1 aliphatic heterocycles. The number of rotatable bonds is 6. The lowest BCUT2D eigenvalue weighted by Gasteiger charge is -2.35. The number of nitrogens with zero attached hydrogens (tertiary/aromatic N) is 6. The Hall–Kier alpha value is -3.10. The van der Waals surface area contributed by atoms with Crippen molar-refractivity contribution >= 4 is 39.5 Å². The third kappa shape index (κ3) is 6.08. The van der Waals surface area contributed by atoms with Gasteiger partial charge in [0.1, 0.15) is 12.1 Å². The molecule has 15 heteroatoms. The fourth-order valence-corrected chi connectivity index (χ4v) is 4.40. The topological polar surface area (TPSA) is 115 Å². The summed E-state index contributed by atoms with van der Waals surface area (Å²) in [6.07, 6.45) is -3.58. The van der Waals surface area contributed by atoms with Crippen LogP contribution in [0.1, 0.15) is 49.9 Å². The molecule has 0 aromatic carbocycles. The minimum absolute atomic E-state index is 0.157. The van der Waals surface area contributed by atoms with E-state index in [-0.39, 0.29) is 22.7 Å². The first kappa shape index (κ1) is 28.5. The lowest BCUT2D eigenvalue weighted by atomic mass is 10.2. The monoisotopic (exact) mass is 591 g/mol. The van der Waals surface area contributed by atoms with Crippen LogP contribution in [-0.2, 0) is 20.5 Å². The maximum absolute atomic E-state index is 13.2. The Kier molecular flexibility index (Phi) is 8.55. The molecule has 3 rings (SSSR count). The molecule has 1 fully saturated rings. The van der Waals surface area contributed by atoms with Gasteiger partial charge in [-0.05, 0) is 50.5 Å². The highest BCUT2D eigenvalue weighted by Crippen LogP contribution is 2.36. The SMILES string of the molecule is CCOC(=O)N1CCN(C(=O)C(C)n2cc(NC(=O)C(C)n3nc(C(F)(F)F)c(Br)c3C)c(C)n2)CC1. The Labute approximate surface area is 220 Å². The molecule has 2 atom stereocenters. The van der Waals surface area contributed by atoms with Crippen molar-refractivity contribution in [2.75, 3.05) is 38.1 Å².